The first kappa shape index (κ1) is 10.1. The molecule has 0 aromatic carbocycles. The summed E-state index contributed by atoms with van der Waals surface area (Å²) in [5.74, 6) is 3.01. The molecule has 0 spiro atoms. The van der Waals surface area contributed by atoms with E-state index in [1.54, 1.807) is 13.1 Å². The Labute approximate surface area is 86.5 Å². The van der Waals surface area contributed by atoms with Crippen LogP contribution in [0.25, 0.3) is 0 Å². The van der Waals surface area contributed by atoms with Gasteiger partial charge in [-0.1, -0.05) is 5.92 Å². The number of hydrogen-bond donors (Lipinski definition) is 0. The van der Waals surface area contributed by atoms with E-state index in [2.05, 4.69) is 26.8 Å². The largest absolute Gasteiger partial charge is 0.461 e. The van der Waals surface area contributed by atoms with Gasteiger partial charge in [0.15, 0.2) is 6.10 Å². The van der Waals surface area contributed by atoms with Crippen molar-refractivity contribution in [3.05, 3.63) is 22.3 Å². The van der Waals surface area contributed by atoms with Gasteiger partial charge in [-0.05, 0) is 41.4 Å². The van der Waals surface area contributed by atoms with Gasteiger partial charge >= 0.3 is 0 Å². The Hall–Kier alpha value is -1.01. The van der Waals surface area contributed by atoms with Crippen LogP contribution in [0.15, 0.2) is 16.7 Å². The van der Waals surface area contributed by atoms with Crippen LogP contribution in [-0.2, 0) is 0 Å². The fourth-order valence-corrected chi connectivity index (χ4v) is 1.37. The summed E-state index contributed by atoms with van der Waals surface area (Å²) in [5.41, 5.74) is 1.08. The number of aromatic nitrogens is 1. The van der Waals surface area contributed by atoms with Gasteiger partial charge in [0.05, 0.1) is 4.47 Å². The summed E-state index contributed by atoms with van der Waals surface area (Å²) in [6.45, 7) is 3.76. The third-order valence-electron chi connectivity index (χ3n) is 1.47. The monoisotopic (exact) mass is 239 g/mol. The van der Waals surface area contributed by atoms with E-state index in [-0.39, 0.29) is 6.10 Å². The number of halogens is 1. The van der Waals surface area contributed by atoms with Crippen LogP contribution in [0.5, 0.6) is 5.88 Å². The van der Waals surface area contributed by atoms with Crippen molar-refractivity contribution in [1.82, 2.24) is 4.98 Å². The van der Waals surface area contributed by atoms with Crippen LogP contribution in [0.3, 0.4) is 0 Å². The first-order chi connectivity index (χ1) is 6.13. The van der Waals surface area contributed by atoms with E-state index >= 15 is 0 Å². The highest BCUT2D eigenvalue weighted by Gasteiger charge is 2.05. The molecule has 0 fully saturated rings. The van der Waals surface area contributed by atoms with Crippen molar-refractivity contribution in [3.8, 4) is 18.2 Å². The molecule has 1 rings (SSSR count). The van der Waals surface area contributed by atoms with Gasteiger partial charge in [0.25, 0.3) is 0 Å². The van der Waals surface area contributed by atoms with E-state index < -0.39 is 0 Å². The van der Waals surface area contributed by atoms with Crippen molar-refractivity contribution in [1.29, 1.82) is 0 Å². The summed E-state index contributed by atoms with van der Waals surface area (Å²) < 4.78 is 6.18. The molecular weight excluding hydrogens is 230 g/mol. The molecule has 1 unspecified atom stereocenters. The Morgan fingerprint density at radius 2 is 2.38 bits per heavy atom. The predicted molar refractivity (Wildman–Crippen MR) is 55.6 cm³/mol. The molecule has 13 heavy (non-hydrogen) atoms. The first-order valence-electron chi connectivity index (χ1n) is 3.88. The Bertz CT molecular complexity index is 343. The van der Waals surface area contributed by atoms with E-state index in [0.29, 0.717) is 5.88 Å². The molecular formula is C10H10BrNO. The Kier molecular flexibility index (Phi) is 3.32. The lowest BCUT2D eigenvalue weighted by Gasteiger charge is -2.09. The number of hydrogen-bond acceptors (Lipinski definition) is 2. The molecule has 0 saturated heterocycles. The predicted octanol–water partition coefficient (Wildman–Crippen LogP) is 2.55. The van der Waals surface area contributed by atoms with Gasteiger partial charge in [0.1, 0.15) is 0 Å². The van der Waals surface area contributed by atoms with E-state index in [1.165, 1.54) is 0 Å². The summed E-state index contributed by atoms with van der Waals surface area (Å²) in [6, 6.07) is 1.94. The second-order valence-electron chi connectivity index (χ2n) is 2.73. The fraction of sp³-hybridized carbons (Fsp3) is 0.300. The molecule has 0 aliphatic rings. The smallest absolute Gasteiger partial charge is 0.229 e. The minimum absolute atomic E-state index is 0.258. The quantitative estimate of drug-likeness (QED) is 0.741. The zero-order valence-electron chi connectivity index (χ0n) is 7.54. The normalized spacial score (nSPS) is 11.8. The lowest BCUT2D eigenvalue weighted by molar-refractivity contribution is 0.266. The summed E-state index contributed by atoms with van der Waals surface area (Å²) in [7, 11) is 0. The molecule has 3 heteroatoms. The maximum atomic E-state index is 5.36. The zero-order chi connectivity index (χ0) is 9.84. The van der Waals surface area contributed by atoms with E-state index in [4.69, 9.17) is 11.2 Å². The van der Waals surface area contributed by atoms with Gasteiger partial charge in [-0.2, -0.15) is 0 Å². The molecule has 2 nitrogen and oxygen atoms in total. The minimum Gasteiger partial charge on any atom is -0.461 e. The summed E-state index contributed by atoms with van der Waals surface area (Å²) in [6.07, 6.45) is 6.66. The SMILES string of the molecule is C#CC(C)Oc1ncc(C)cc1Br. The van der Waals surface area contributed by atoms with E-state index in [1.807, 2.05) is 13.0 Å². The van der Waals surface area contributed by atoms with Crippen LogP contribution in [0, 0.1) is 19.3 Å². The van der Waals surface area contributed by atoms with Gasteiger partial charge in [0, 0.05) is 6.20 Å². The first-order valence-corrected chi connectivity index (χ1v) is 4.67. The van der Waals surface area contributed by atoms with Gasteiger partial charge < -0.3 is 4.74 Å². The molecule has 0 aliphatic carbocycles. The maximum absolute atomic E-state index is 5.36. The highest BCUT2D eigenvalue weighted by atomic mass is 79.9. The lowest BCUT2D eigenvalue weighted by Crippen LogP contribution is -2.09. The van der Waals surface area contributed by atoms with E-state index in [9.17, 15) is 0 Å². The Balaban J connectivity index is 2.85. The summed E-state index contributed by atoms with van der Waals surface area (Å²) >= 11 is 3.35. The third-order valence-corrected chi connectivity index (χ3v) is 2.04. The number of aryl methyl sites for hydroxylation is 1. The Morgan fingerprint density at radius 1 is 1.69 bits per heavy atom. The molecule has 0 bridgehead atoms. The van der Waals surface area contributed by atoms with Crippen LogP contribution in [0.4, 0.5) is 0 Å². The molecule has 1 heterocycles. The molecule has 1 atom stereocenters. The number of nitrogens with zero attached hydrogens (tertiary/aromatic N) is 1. The van der Waals surface area contributed by atoms with Crippen LogP contribution in [-0.4, -0.2) is 11.1 Å². The number of terminal acetylenes is 1. The molecule has 1 aromatic heterocycles. The molecule has 0 saturated carbocycles. The second kappa shape index (κ2) is 4.29. The van der Waals surface area contributed by atoms with Gasteiger partial charge in [-0.3, -0.25) is 0 Å². The minimum atomic E-state index is -0.258. The lowest BCUT2D eigenvalue weighted by atomic mass is 10.3. The van der Waals surface area contributed by atoms with Crippen molar-refractivity contribution >= 4 is 15.9 Å². The van der Waals surface area contributed by atoms with Gasteiger partial charge in [-0.25, -0.2) is 4.98 Å². The average molecular weight is 240 g/mol. The van der Waals surface area contributed by atoms with Crippen LogP contribution in [0.1, 0.15) is 12.5 Å². The van der Waals surface area contributed by atoms with Crippen molar-refractivity contribution in [3.63, 3.8) is 0 Å². The molecule has 0 N–H and O–H groups in total. The standard InChI is InChI=1S/C10H10BrNO/c1-4-8(3)13-10-9(11)5-7(2)6-12-10/h1,5-6,8H,2-3H3. The maximum Gasteiger partial charge on any atom is 0.229 e. The van der Waals surface area contributed by atoms with Crippen LogP contribution >= 0.6 is 15.9 Å². The van der Waals surface area contributed by atoms with Crippen molar-refractivity contribution in [2.45, 2.75) is 20.0 Å². The summed E-state index contributed by atoms with van der Waals surface area (Å²) in [5, 5.41) is 0. The molecule has 1 aromatic rings. The highest BCUT2D eigenvalue weighted by molar-refractivity contribution is 9.10. The van der Waals surface area contributed by atoms with Gasteiger partial charge in [-0.15, -0.1) is 6.42 Å². The fourth-order valence-electron chi connectivity index (χ4n) is 0.809. The third kappa shape index (κ3) is 2.74. The van der Waals surface area contributed by atoms with E-state index in [0.717, 1.165) is 10.0 Å². The highest BCUT2D eigenvalue weighted by Crippen LogP contribution is 2.23. The van der Waals surface area contributed by atoms with Crippen molar-refractivity contribution < 1.29 is 4.74 Å². The number of rotatable bonds is 2. The second-order valence-corrected chi connectivity index (χ2v) is 3.58. The number of ether oxygens (including phenoxy) is 1. The molecule has 0 aliphatic heterocycles. The summed E-state index contributed by atoms with van der Waals surface area (Å²) in [4.78, 5) is 4.10. The Morgan fingerprint density at radius 3 is 2.92 bits per heavy atom. The molecule has 68 valence electrons. The van der Waals surface area contributed by atoms with Crippen LogP contribution < -0.4 is 4.74 Å². The average Bonchev–Trinajstić information content (AvgIpc) is 2.09. The van der Waals surface area contributed by atoms with Crippen LogP contribution in [0.2, 0.25) is 0 Å². The number of pyridine rings is 1. The topological polar surface area (TPSA) is 22.1 Å². The van der Waals surface area contributed by atoms with Gasteiger partial charge in [0.2, 0.25) is 5.88 Å². The molecule has 0 amide bonds. The van der Waals surface area contributed by atoms with Crippen molar-refractivity contribution in [2.24, 2.45) is 0 Å². The van der Waals surface area contributed by atoms with Crippen molar-refractivity contribution in [2.75, 3.05) is 0 Å². The molecule has 0 radical (unpaired) electrons. The zero-order valence-corrected chi connectivity index (χ0v) is 9.13.